The molecule has 0 bridgehead atoms. The SMILES string of the molecule is CC(=O)C(NC(=O)Cn1[nH]c(=O)ccc1=O)C(C)C. The summed E-state index contributed by atoms with van der Waals surface area (Å²) in [6, 6.07) is 1.57. The van der Waals surface area contributed by atoms with Crippen LogP contribution >= 0.6 is 0 Å². The summed E-state index contributed by atoms with van der Waals surface area (Å²) in [4.78, 5) is 45.6. The lowest BCUT2D eigenvalue weighted by molar-refractivity contribution is -0.128. The van der Waals surface area contributed by atoms with Gasteiger partial charge in [0.05, 0.1) is 6.04 Å². The number of amides is 1. The van der Waals surface area contributed by atoms with Crippen LogP contribution in [0.3, 0.4) is 0 Å². The van der Waals surface area contributed by atoms with Gasteiger partial charge in [0.1, 0.15) is 6.54 Å². The van der Waals surface area contributed by atoms with Gasteiger partial charge in [0, 0.05) is 12.1 Å². The second-order valence-corrected chi connectivity index (χ2v) is 4.63. The summed E-state index contributed by atoms with van der Waals surface area (Å²) < 4.78 is 0.898. The third kappa shape index (κ3) is 4.20. The number of carbonyl (C=O) groups excluding carboxylic acids is 2. The monoisotopic (exact) mass is 267 g/mol. The van der Waals surface area contributed by atoms with Crippen LogP contribution in [-0.2, 0) is 16.1 Å². The Morgan fingerprint density at radius 2 is 1.95 bits per heavy atom. The number of aromatic amines is 1. The fourth-order valence-corrected chi connectivity index (χ4v) is 1.68. The Bertz CT molecular complexity index is 585. The van der Waals surface area contributed by atoms with Crippen LogP contribution in [0.25, 0.3) is 0 Å². The predicted molar refractivity (Wildman–Crippen MR) is 68.8 cm³/mol. The molecule has 0 aliphatic heterocycles. The van der Waals surface area contributed by atoms with E-state index in [4.69, 9.17) is 0 Å². The van der Waals surface area contributed by atoms with Crippen LogP contribution in [0.1, 0.15) is 20.8 Å². The second kappa shape index (κ2) is 6.12. The van der Waals surface area contributed by atoms with Gasteiger partial charge in [-0.25, -0.2) is 4.68 Å². The van der Waals surface area contributed by atoms with E-state index in [1.165, 1.54) is 6.92 Å². The Kier molecular flexibility index (Phi) is 4.80. The normalized spacial score (nSPS) is 12.2. The number of ketones is 1. The van der Waals surface area contributed by atoms with Crippen molar-refractivity contribution >= 4 is 11.7 Å². The van der Waals surface area contributed by atoms with Crippen molar-refractivity contribution in [3.63, 3.8) is 0 Å². The Morgan fingerprint density at radius 3 is 2.47 bits per heavy atom. The molecule has 0 aromatic carbocycles. The minimum atomic E-state index is -0.598. The van der Waals surface area contributed by atoms with Crippen LogP contribution in [0.2, 0.25) is 0 Å². The Balaban J connectivity index is 2.80. The van der Waals surface area contributed by atoms with E-state index < -0.39 is 23.1 Å². The number of hydrogen-bond donors (Lipinski definition) is 2. The van der Waals surface area contributed by atoms with Crippen molar-refractivity contribution in [3.05, 3.63) is 32.8 Å². The molecule has 0 aliphatic rings. The maximum atomic E-state index is 11.8. The van der Waals surface area contributed by atoms with Gasteiger partial charge in [-0.2, -0.15) is 0 Å². The zero-order valence-electron chi connectivity index (χ0n) is 11.1. The quantitative estimate of drug-likeness (QED) is 0.734. The fraction of sp³-hybridized carbons (Fsp3) is 0.500. The van der Waals surface area contributed by atoms with Crippen LogP contribution in [0, 0.1) is 5.92 Å². The smallest absolute Gasteiger partial charge is 0.265 e. The van der Waals surface area contributed by atoms with Gasteiger partial charge in [-0.3, -0.25) is 24.3 Å². The first-order valence-electron chi connectivity index (χ1n) is 5.91. The van der Waals surface area contributed by atoms with Crippen molar-refractivity contribution in [3.8, 4) is 0 Å². The van der Waals surface area contributed by atoms with Crippen LogP contribution in [0.15, 0.2) is 21.7 Å². The van der Waals surface area contributed by atoms with Crippen LogP contribution in [0.5, 0.6) is 0 Å². The van der Waals surface area contributed by atoms with Crippen molar-refractivity contribution in [1.82, 2.24) is 15.1 Å². The molecule has 0 fully saturated rings. The lowest BCUT2D eigenvalue weighted by Crippen LogP contribution is -2.46. The Morgan fingerprint density at radius 1 is 1.32 bits per heavy atom. The van der Waals surface area contributed by atoms with Gasteiger partial charge in [0.2, 0.25) is 5.91 Å². The van der Waals surface area contributed by atoms with Gasteiger partial charge in [-0.05, 0) is 12.8 Å². The minimum Gasteiger partial charge on any atom is -0.344 e. The molecule has 0 saturated heterocycles. The number of carbonyl (C=O) groups is 2. The first kappa shape index (κ1) is 14.9. The van der Waals surface area contributed by atoms with Gasteiger partial charge in [0.25, 0.3) is 11.1 Å². The molecule has 1 amide bonds. The Labute approximate surface area is 109 Å². The highest BCUT2D eigenvalue weighted by atomic mass is 16.2. The molecule has 2 N–H and O–H groups in total. The average Bonchev–Trinajstić information content (AvgIpc) is 2.30. The molecule has 1 aromatic rings. The van der Waals surface area contributed by atoms with E-state index in [1.807, 2.05) is 13.8 Å². The largest absolute Gasteiger partial charge is 0.344 e. The molecule has 0 radical (unpaired) electrons. The number of rotatable bonds is 5. The van der Waals surface area contributed by atoms with Crippen molar-refractivity contribution in [2.75, 3.05) is 0 Å². The number of Topliss-reactive ketones (excluding diaryl/α,β-unsaturated/α-hetero) is 1. The third-order valence-corrected chi connectivity index (χ3v) is 2.61. The molecule has 19 heavy (non-hydrogen) atoms. The number of hydrogen-bond acceptors (Lipinski definition) is 4. The molecule has 0 saturated carbocycles. The zero-order chi connectivity index (χ0) is 14.6. The molecular weight excluding hydrogens is 250 g/mol. The van der Waals surface area contributed by atoms with E-state index in [-0.39, 0.29) is 18.2 Å². The lowest BCUT2D eigenvalue weighted by Gasteiger charge is -2.19. The minimum absolute atomic E-state index is 0.0482. The molecule has 0 aliphatic carbocycles. The van der Waals surface area contributed by atoms with Gasteiger partial charge in [0.15, 0.2) is 5.78 Å². The van der Waals surface area contributed by atoms with Crippen molar-refractivity contribution in [2.24, 2.45) is 5.92 Å². The maximum Gasteiger partial charge on any atom is 0.265 e. The number of H-pyrrole nitrogens is 1. The highest BCUT2D eigenvalue weighted by molar-refractivity contribution is 5.87. The van der Waals surface area contributed by atoms with Gasteiger partial charge in [-0.15, -0.1) is 0 Å². The molecule has 1 rings (SSSR count). The van der Waals surface area contributed by atoms with Gasteiger partial charge < -0.3 is 5.32 Å². The molecule has 0 spiro atoms. The summed E-state index contributed by atoms with van der Waals surface area (Å²) in [6.07, 6.45) is 0. The van der Waals surface area contributed by atoms with Gasteiger partial charge >= 0.3 is 0 Å². The third-order valence-electron chi connectivity index (χ3n) is 2.61. The standard InChI is InChI=1S/C12H17N3O4/c1-7(2)12(8(3)16)13-10(18)6-15-11(19)5-4-9(17)14-15/h4-5,7,12H,6H2,1-3H3,(H,13,18)(H,14,17). The molecule has 7 heteroatoms. The van der Waals surface area contributed by atoms with Crippen LogP contribution in [-0.4, -0.2) is 27.5 Å². The molecule has 104 valence electrons. The first-order chi connectivity index (χ1) is 8.81. The lowest BCUT2D eigenvalue weighted by atomic mass is 10.0. The van der Waals surface area contributed by atoms with Crippen LogP contribution in [0.4, 0.5) is 0 Å². The predicted octanol–water partition coefficient (Wildman–Crippen LogP) is -0.734. The summed E-state index contributed by atoms with van der Waals surface area (Å²) in [6.45, 7) is 4.68. The summed E-state index contributed by atoms with van der Waals surface area (Å²) in [7, 11) is 0. The highest BCUT2D eigenvalue weighted by Gasteiger charge is 2.20. The number of aromatic nitrogens is 2. The van der Waals surface area contributed by atoms with E-state index in [2.05, 4.69) is 10.4 Å². The van der Waals surface area contributed by atoms with E-state index in [1.54, 1.807) is 0 Å². The van der Waals surface area contributed by atoms with E-state index in [9.17, 15) is 19.2 Å². The first-order valence-corrected chi connectivity index (χ1v) is 5.91. The van der Waals surface area contributed by atoms with Crippen LogP contribution < -0.4 is 16.4 Å². The van der Waals surface area contributed by atoms with E-state index >= 15 is 0 Å². The summed E-state index contributed by atoms with van der Waals surface area (Å²) in [5, 5.41) is 4.78. The zero-order valence-corrected chi connectivity index (χ0v) is 11.1. The molecule has 7 nitrogen and oxygen atoms in total. The topological polar surface area (TPSA) is 101 Å². The van der Waals surface area contributed by atoms with Crippen molar-refractivity contribution < 1.29 is 9.59 Å². The molecule has 1 unspecified atom stereocenters. The van der Waals surface area contributed by atoms with E-state index in [0.717, 1.165) is 16.8 Å². The molecule has 1 atom stereocenters. The molecule has 1 heterocycles. The average molecular weight is 267 g/mol. The summed E-state index contributed by atoms with van der Waals surface area (Å²) >= 11 is 0. The number of nitrogens with zero attached hydrogens (tertiary/aromatic N) is 1. The second-order valence-electron chi connectivity index (χ2n) is 4.63. The summed E-state index contributed by atoms with van der Waals surface area (Å²) in [5.41, 5.74) is -0.960. The van der Waals surface area contributed by atoms with Gasteiger partial charge in [-0.1, -0.05) is 13.8 Å². The molecular formula is C12H17N3O4. The number of nitrogens with one attached hydrogen (secondary N) is 2. The Hall–Kier alpha value is -2.18. The fourth-order valence-electron chi connectivity index (χ4n) is 1.68. The molecule has 1 aromatic heterocycles. The van der Waals surface area contributed by atoms with E-state index in [0.29, 0.717) is 0 Å². The maximum absolute atomic E-state index is 11.8. The summed E-state index contributed by atoms with van der Waals surface area (Å²) in [5.74, 6) is -0.705. The highest BCUT2D eigenvalue weighted by Crippen LogP contribution is 2.02. The van der Waals surface area contributed by atoms with Crippen molar-refractivity contribution in [2.45, 2.75) is 33.4 Å². The van der Waals surface area contributed by atoms with Crippen molar-refractivity contribution in [1.29, 1.82) is 0 Å².